The van der Waals surface area contributed by atoms with Crippen LogP contribution in [0.1, 0.15) is 64.5 Å². The second-order valence-corrected chi connectivity index (χ2v) is 8.99. The largest absolute Gasteiger partial charge is 0.472 e. The van der Waals surface area contributed by atoms with Crippen molar-refractivity contribution < 1.29 is 24.2 Å². The van der Waals surface area contributed by atoms with Crippen molar-refractivity contribution in [1.29, 1.82) is 0 Å². The van der Waals surface area contributed by atoms with E-state index >= 15 is 0 Å². The predicted octanol–water partition coefficient (Wildman–Crippen LogP) is 3.21. The van der Waals surface area contributed by atoms with Crippen molar-refractivity contribution in [1.82, 2.24) is 0 Å². The molecule has 5 nitrogen and oxygen atoms in total. The molecule has 4 rings (SSSR count). The van der Waals surface area contributed by atoms with Crippen LogP contribution in [0.2, 0.25) is 0 Å². The van der Waals surface area contributed by atoms with E-state index in [2.05, 4.69) is 13.8 Å². The highest BCUT2D eigenvalue weighted by Crippen LogP contribution is 2.66. The summed E-state index contributed by atoms with van der Waals surface area (Å²) in [6, 6.07) is 1.85. The Hall–Kier alpha value is -1.33. The number of furan rings is 1. The number of aliphatic hydroxyl groups excluding tert-OH is 1. The zero-order valence-corrected chi connectivity index (χ0v) is 15.2. The van der Waals surface area contributed by atoms with Gasteiger partial charge < -0.3 is 19.4 Å². The summed E-state index contributed by atoms with van der Waals surface area (Å²) in [5, 5.41) is 21.6. The smallest absolute Gasteiger partial charge is 0.310 e. The fraction of sp³-hybridized carbons (Fsp3) is 0.750. The van der Waals surface area contributed by atoms with Crippen molar-refractivity contribution >= 4 is 5.97 Å². The van der Waals surface area contributed by atoms with Gasteiger partial charge in [0.1, 0.15) is 6.10 Å². The first-order valence-electron chi connectivity index (χ1n) is 9.33. The van der Waals surface area contributed by atoms with Gasteiger partial charge in [0.05, 0.1) is 30.1 Å². The molecule has 0 bridgehead atoms. The summed E-state index contributed by atoms with van der Waals surface area (Å²) in [7, 11) is 0. The Kier molecular flexibility index (Phi) is 3.65. The number of aliphatic hydroxyl groups is 2. The van der Waals surface area contributed by atoms with Crippen LogP contribution in [0.5, 0.6) is 0 Å². The van der Waals surface area contributed by atoms with Gasteiger partial charge in [0, 0.05) is 11.0 Å². The van der Waals surface area contributed by atoms with Crippen molar-refractivity contribution in [2.75, 3.05) is 0 Å². The molecule has 7 atom stereocenters. The minimum absolute atomic E-state index is 0.132. The maximum absolute atomic E-state index is 12.8. The van der Waals surface area contributed by atoms with Gasteiger partial charge in [-0.15, -0.1) is 0 Å². The third-order valence-electron chi connectivity index (χ3n) is 7.93. The first kappa shape index (κ1) is 17.1. The number of carbonyl (C=O) groups is 1. The first-order valence-corrected chi connectivity index (χ1v) is 9.33. The van der Waals surface area contributed by atoms with E-state index in [-0.39, 0.29) is 29.3 Å². The van der Waals surface area contributed by atoms with E-state index in [1.165, 1.54) is 0 Å². The fourth-order valence-corrected chi connectivity index (χ4v) is 6.14. The van der Waals surface area contributed by atoms with Crippen LogP contribution >= 0.6 is 0 Å². The van der Waals surface area contributed by atoms with Gasteiger partial charge in [-0.25, -0.2) is 0 Å². The van der Waals surface area contributed by atoms with Crippen molar-refractivity contribution in [2.24, 2.45) is 22.7 Å². The lowest BCUT2D eigenvalue weighted by atomic mass is 9.42. The molecule has 0 radical (unpaired) electrons. The molecular formula is C20H28O5. The molecular weight excluding hydrogens is 320 g/mol. The maximum Gasteiger partial charge on any atom is 0.310 e. The lowest BCUT2D eigenvalue weighted by Gasteiger charge is -2.64. The van der Waals surface area contributed by atoms with Gasteiger partial charge in [0.25, 0.3) is 0 Å². The summed E-state index contributed by atoms with van der Waals surface area (Å²) in [6.07, 6.45) is 5.79. The minimum atomic E-state index is -1.14. The monoisotopic (exact) mass is 348 g/mol. The van der Waals surface area contributed by atoms with Crippen LogP contribution in [0.25, 0.3) is 0 Å². The van der Waals surface area contributed by atoms with Crippen LogP contribution in [-0.2, 0) is 9.53 Å². The predicted molar refractivity (Wildman–Crippen MR) is 90.5 cm³/mol. The second-order valence-electron chi connectivity index (χ2n) is 8.99. The normalized spacial score (nSPS) is 49.9. The lowest BCUT2D eigenvalue weighted by Crippen LogP contribution is -2.66. The topological polar surface area (TPSA) is 79.9 Å². The summed E-state index contributed by atoms with van der Waals surface area (Å²) < 4.78 is 10.9. The molecule has 5 heteroatoms. The van der Waals surface area contributed by atoms with Crippen LogP contribution in [-0.4, -0.2) is 27.9 Å². The number of ether oxygens (including phenoxy) is 1. The van der Waals surface area contributed by atoms with Gasteiger partial charge in [-0.1, -0.05) is 13.8 Å². The van der Waals surface area contributed by atoms with Gasteiger partial charge in [-0.3, -0.25) is 4.79 Å². The molecule has 1 aliphatic heterocycles. The van der Waals surface area contributed by atoms with Gasteiger partial charge in [0.2, 0.25) is 0 Å². The molecule has 1 aromatic heterocycles. The number of esters is 1. The molecule has 2 N–H and O–H groups in total. The van der Waals surface area contributed by atoms with Gasteiger partial charge in [-0.2, -0.15) is 0 Å². The summed E-state index contributed by atoms with van der Waals surface area (Å²) in [6.45, 7) is 6.04. The zero-order valence-electron chi connectivity index (χ0n) is 15.2. The average molecular weight is 348 g/mol. The summed E-state index contributed by atoms with van der Waals surface area (Å²) in [5.41, 5.74) is -0.915. The Bertz CT molecular complexity index is 666. The van der Waals surface area contributed by atoms with Crippen LogP contribution in [0, 0.1) is 22.7 Å². The first-order chi connectivity index (χ1) is 11.7. The summed E-state index contributed by atoms with van der Waals surface area (Å²) in [4.78, 5) is 12.8. The van der Waals surface area contributed by atoms with Crippen LogP contribution < -0.4 is 0 Å². The van der Waals surface area contributed by atoms with E-state index < -0.39 is 17.1 Å². The molecule has 0 spiro atoms. The molecule has 2 heterocycles. The highest BCUT2D eigenvalue weighted by Gasteiger charge is 2.66. The van der Waals surface area contributed by atoms with Crippen LogP contribution in [0.3, 0.4) is 0 Å². The number of hydrogen-bond donors (Lipinski definition) is 2. The Labute approximate surface area is 148 Å². The van der Waals surface area contributed by atoms with E-state index in [1.54, 1.807) is 19.5 Å². The molecule has 2 aliphatic carbocycles. The molecule has 0 aromatic carbocycles. The zero-order chi connectivity index (χ0) is 18.0. The summed E-state index contributed by atoms with van der Waals surface area (Å²) >= 11 is 0. The van der Waals surface area contributed by atoms with E-state index in [0.29, 0.717) is 12.8 Å². The molecule has 0 unspecified atom stereocenters. The van der Waals surface area contributed by atoms with Crippen molar-refractivity contribution in [3.05, 3.63) is 24.2 Å². The number of rotatable bonds is 1. The Morgan fingerprint density at radius 3 is 2.64 bits per heavy atom. The SMILES string of the molecule is C[C@]12C[C@H](c3ccoc3)OC(=O)[C@@H]1CC[C@]1(C)[C@@H]2CC[C@@H](O)[C@]1(C)O. The van der Waals surface area contributed by atoms with E-state index in [9.17, 15) is 15.0 Å². The third kappa shape index (κ3) is 2.18. The maximum atomic E-state index is 12.8. The second kappa shape index (κ2) is 5.34. The van der Waals surface area contributed by atoms with Crippen molar-refractivity contribution in [3.63, 3.8) is 0 Å². The molecule has 1 aromatic rings. The number of hydrogen-bond acceptors (Lipinski definition) is 5. The van der Waals surface area contributed by atoms with Crippen LogP contribution in [0.15, 0.2) is 23.0 Å². The molecule has 0 amide bonds. The molecule has 3 aliphatic rings. The average Bonchev–Trinajstić information content (AvgIpc) is 3.06. The molecule has 2 saturated carbocycles. The molecule has 138 valence electrons. The molecule has 3 fully saturated rings. The quantitative estimate of drug-likeness (QED) is 0.762. The highest BCUT2D eigenvalue weighted by atomic mass is 16.5. The molecule has 25 heavy (non-hydrogen) atoms. The Balaban J connectivity index is 1.74. The Morgan fingerprint density at radius 2 is 1.96 bits per heavy atom. The standard InChI is InChI=1S/C20H28O5/c1-18-10-14(12-7-9-24-11-12)25-17(22)13(18)6-8-19(2)15(18)4-5-16(21)20(19,3)23/h7,9,11,13-16,21,23H,4-6,8,10H2,1-3H3/t13-,14+,15+,16+,18-,19+,20-/m0/s1. The number of cyclic esters (lactones) is 1. The van der Waals surface area contributed by atoms with E-state index in [4.69, 9.17) is 9.15 Å². The van der Waals surface area contributed by atoms with Crippen LogP contribution in [0.4, 0.5) is 0 Å². The van der Waals surface area contributed by atoms with Crippen molar-refractivity contribution in [3.8, 4) is 0 Å². The van der Waals surface area contributed by atoms with Gasteiger partial charge in [0.15, 0.2) is 0 Å². The van der Waals surface area contributed by atoms with E-state index in [0.717, 1.165) is 24.8 Å². The molecule has 1 saturated heterocycles. The van der Waals surface area contributed by atoms with Gasteiger partial charge >= 0.3 is 5.97 Å². The number of carbonyl (C=O) groups excluding carboxylic acids is 1. The Morgan fingerprint density at radius 1 is 1.20 bits per heavy atom. The highest BCUT2D eigenvalue weighted by molar-refractivity contribution is 5.75. The third-order valence-corrected chi connectivity index (χ3v) is 7.93. The van der Waals surface area contributed by atoms with Gasteiger partial charge in [-0.05, 0) is 56.4 Å². The fourth-order valence-electron chi connectivity index (χ4n) is 6.14. The summed E-state index contributed by atoms with van der Waals surface area (Å²) in [5.74, 6) is -0.105. The number of fused-ring (bicyclic) bond motifs is 3. The van der Waals surface area contributed by atoms with Crippen molar-refractivity contribution in [2.45, 2.75) is 70.7 Å². The minimum Gasteiger partial charge on any atom is -0.472 e. The lowest BCUT2D eigenvalue weighted by molar-refractivity contribution is -0.251. The van der Waals surface area contributed by atoms with E-state index in [1.807, 2.05) is 6.07 Å².